The molecule has 1 N–H and O–H groups in total. The van der Waals surface area contributed by atoms with Crippen LogP contribution < -0.4 is 0 Å². The molecule has 3 rings (SSSR count). The number of carbonyl (C=O) groups is 1. The van der Waals surface area contributed by atoms with Crippen molar-refractivity contribution in [2.24, 2.45) is 0 Å². The molecule has 0 amide bonds. The fourth-order valence-electron chi connectivity index (χ4n) is 2.77. The predicted octanol–water partition coefficient (Wildman–Crippen LogP) is 1.43. The van der Waals surface area contributed by atoms with E-state index in [1.165, 1.54) is 37.4 Å². The predicted molar refractivity (Wildman–Crippen MR) is 76.0 cm³/mol. The summed E-state index contributed by atoms with van der Waals surface area (Å²) in [7, 11) is 2.16. The molecule has 0 bridgehead atoms. The number of aliphatic carboxylic acids is 1. The minimum atomic E-state index is -0.810. The number of likely N-dealkylation sites (N-methyl/N-ethyl adjacent to an activating group) is 1. The number of carboxylic acids is 1. The maximum atomic E-state index is 10.7. The Hall–Kier alpha value is -1.08. The number of hydrogen-bond acceptors (Lipinski definition) is 5. The normalized spacial score (nSPS) is 23.4. The minimum Gasteiger partial charge on any atom is -0.481 e. The molecule has 2 aliphatic rings. The first kappa shape index (κ1) is 13.9. The molecule has 1 aromatic rings. The zero-order valence-electron chi connectivity index (χ0n) is 11.7. The molecule has 0 radical (unpaired) electrons. The number of hydrogen-bond donors (Lipinski definition) is 1. The van der Waals surface area contributed by atoms with Crippen LogP contribution in [0.4, 0.5) is 0 Å². The Morgan fingerprint density at radius 1 is 1.40 bits per heavy atom. The first-order valence-electron chi connectivity index (χ1n) is 7.13. The number of nitrogens with zero attached hydrogens (tertiary/aromatic N) is 4. The van der Waals surface area contributed by atoms with Gasteiger partial charge in [-0.1, -0.05) is 11.8 Å². The largest absolute Gasteiger partial charge is 0.481 e. The van der Waals surface area contributed by atoms with Gasteiger partial charge in [0.15, 0.2) is 5.16 Å². The van der Waals surface area contributed by atoms with Crippen LogP contribution in [0.3, 0.4) is 0 Å². The second-order valence-electron chi connectivity index (χ2n) is 5.68. The van der Waals surface area contributed by atoms with Gasteiger partial charge in [0, 0.05) is 18.5 Å². The maximum Gasteiger partial charge on any atom is 0.313 e. The third-order valence-electron chi connectivity index (χ3n) is 4.08. The van der Waals surface area contributed by atoms with Crippen LogP contribution in [0.1, 0.15) is 37.4 Å². The van der Waals surface area contributed by atoms with Gasteiger partial charge in [-0.25, -0.2) is 0 Å². The fraction of sp³-hybridized carbons (Fsp3) is 0.769. The molecule has 1 aliphatic carbocycles. The van der Waals surface area contributed by atoms with Crippen LogP contribution >= 0.6 is 11.8 Å². The summed E-state index contributed by atoms with van der Waals surface area (Å²) in [4.78, 5) is 13.1. The second-order valence-corrected chi connectivity index (χ2v) is 6.63. The van der Waals surface area contributed by atoms with Gasteiger partial charge >= 0.3 is 5.97 Å². The highest BCUT2D eigenvalue weighted by molar-refractivity contribution is 7.99. The van der Waals surface area contributed by atoms with Gasteiger partial charge in [0.25, 0.3) is 0 Å². The summed E-state index contributed by atoms with van der Waals surface area (Å²) in [6.07, 6.45) is 4.80. The van der Waals surface area contributed by atoms with Crippen LogP contribution in [0.5, 0.6) is 0 Å². The monoisotopic (exact) mass is 296 g/mol. The molecule has 6 nitrogen and oxygen atoms in total. The van der Waals surface area contributed by atoms with E-state index >= 15 is 0 Å². The van der Waals surface area contributed by atoms with E-state index in [4.69, 9.17) is 5.11 Å². The Kier molecular flexibility index (Phi) is 3.98. The fourth-order valence-corrected chi connectivity index (χ4v) is 3.44. The van der Waals surface area contributed by atoms with E-state index in [-0.39, 0.29) is 5.75 Å². The average molecular weight is 296 g/mol. The Morgan fingerprint density at radius 2 is 2.20 bits per heavy atom. The summed E-state index contributed by atoms with van der Waals surface area (Å²) in [5.74, 6) is 0.825. The second kappa shape index (κ2) is 5.73. The van der Waals surface area contributed by atoms with E-state index in [2.05, 4.69) is 26.7 Å². The SMILES string of the molecule is CN1CCCC1Cn1c(SCC(=O)O)nnc1C1CC1. The standard InChI is InChI=1S/C13H20N4O2S/c1-16-6-2-3-10(16)7-17-12(9-4-5-9)14-15-13(17)20-8-11(18)19/h9-10H,2-8H2,1H3,(H,18,19). The van der Waals surface area contributed by atoms with Crippen molar-refractivity contribution in [3.05, 3.63) is 5.82 Å². The zero-order chi connectivity index (χ0) is 14.1. The third kappa shape index (κ3) is 2.98. The van der Waals surface area contributed by atoms with E-state index in [0.717, 1.165) is 24.1 Å². The van der Waals surface area contributed by atoms with E-state index < -0.39 is 5.97 Å². The van der Waals surface area contributed by atoms with Gasteiger partial charge in [0.05, 0.1) is 5.75 Å². The summed E-state index contributed by atoms with van der Waals surface area (Å²) >= 11 is 1.28. The lowest BCUT2D eigenvalue weighted by molar-refractivity contribution is -0.133. The molecule has 110 valence electrons. The summed E-state index contributed by atoms with van der Waals surface area (Å²) in [6, 6.07) is 0.521. The van der Waals surface area contributed by atoms with Crippen LogP contribution in [0.15, 0.2) is 5.16 Å². The molecular formula is C13H20N4O2S. The highest BCUT2D eigenvalue weighted by Gasteiger charge is 2.32. The smallest absolute Gasteiger partial charge is 0.313 e. The van der Waals surface area contributed by atoms with Gasteiger partial charge in [-0.05, 0) is 39.3 Å². The van der Waals surface area contributed by atoms with Gasteiger partial charge in [-0.15, -0.1) is 10.2 Å². The quantitative estimate of drug-likeness (QED) is 0.801. The van der Waals surface area contributed by atoms with E-state index in [0.29, 0.717) is 12.0 Å². The Bertz CT molecular complexity index is 501. The van der Waals surface area contributed by atoms with Crippen molar-refractivity contribution in [1.29, 1.82) is 0 Å². The highest BCUT2D eigenvalue weighted by atomic mass is 32.2. The molecule has 1 aromatic heterocycles. The van der Waals surface area contributed by atoms with Crippen molar-refractivity contribution in [2.45, 2.75) is 49.3 Å². The number of rotatable bonds is 6. The van der Waals surface area contributed by atoms with Crippen LogP contribution in [0, 0.1) is 0 Å². The molecule has 1 atom stereocenters. The van der Waals surface area contributed by atoms with E-state index in [1.54, 1.807) is 0 Å². The summed E-state index contributed by atoms with van der Waals surface area (Å²) in [5.41, 5.74) is 0. The topological polar surface area (TPSA) is 71.2 Å². The molecule has 2 fully saturated rings. The first-order chi connectivity index (χ1) is 9.65. The number of likely N-dealkylation sites (tertiary alicyclic amines) is 1. The molecule has 1 saturated carbocycles. The van der Waals surface area contributed by atoms with Gasteiger partial charge in [-0.3, -0.25) is 4.79 Å². The third-order valence-corrected chi connectivity index (χ3v) is 5.03. The summed E-state index contributed by atoms with van der Waals surface area (Å²) in [5, 5.41) is 18.1. The molecule has 1 aliphatic heterocycles. The van der Waals surface area contributed by atoms with Gasteiger partial charge < -0.3 is 14.6 Å². The summed E-state index contributed by atoms with van der Waals surface area (Å²) in [6.45, 7) is 2.03. The molecule has 0 aromatic carbocycles. The Balaban J connectivity index is 1.77. The maximum absolute atomic E-state index is 10.7. The first-order valence-corrected chi connectivity index (χ1v) is 8.11. The minimum absolute atomic E-state index is 0.0449. The molecular weight excluding hydrogens is 276 g/mol. The Labute approximate surface area is 122 Å². The number of carboxylic acid groups (broad SMARTS) is 1. The number of aromatic nitrogens is 3. The van der Waals surface area contributed by atoms with E-state index in [1.807, 2.05) is 0 Å². The van der Waals surface area contributed by atoms with Crippen LogP contribution in [-0.4, -0.2) is 56.1 Å². The lowest BCUT2D eigenvalue weighted by atomic mass is 10.2. The van der Waals surface area contributed by atoms with Gasteiger partial charge in [0.1, 0.15) is 5.82 Å². The van der Waals surface area contributed by atoms with E-state index in [9.17, 15) is 4.79 Å². The molecule has 0 spiro atoms. The lowest BCUT2D eigenvalue weighted by Crippen LogP contribution is -2.30. The van der Waals surface area contributed by atoms with Crippen molar-refractivity contribution in [2.75, 3.05) is 19.3 Å². The number of thioether (sulfide) groups is 1. The zero-order valence-corrected chi connectivity index (χ0v) is 12.5. The van der Waals surface area contributed by atoms with Crippen molar-refractivity contribution in [3.63, 3.8) is 0 Å². The van der Waals surface area contributed by atoms with Crippen LogP contribution in [-0.2, 0) is 11.3 Å². The Morgan fingerprint density at radius 3 is 2.80 bits per heavy atom. The molecule has 2 heterocycles. The van der Waals surface area contributed by atoms with Crippen molar-refractivity contribution in [1.82, 2.24) is 19.7 Å². The molecule has 1 saturated heterocycles. The van der Waals surface area contributed by atoms with Crippen LogP contribution in [0.2, 0.25) is 0 Å². The molecule has 7 heteroatoms. The van der Waals surface area contributed by atoms with Crippen molar-refractivity contribution >= 4 is 17.7 Å². The van der Waals surface area contributed by atoms with Gasteiger partial charge in [0.2, 0.25) is 0 Å². The average Bonchev–Trinajstić information content (AvgIpc) is 3.06. The van der Waals surface area contributed by atoms with Crippen molar-refractivity contribution < 1.29 is 9.90 Å². The summed E-state index contributed by atoms with van der Waals surface area (Å²) < 4.78 is 2.16. The highest BCUT2D eigenvalue weighted by Crippen LogP contribution is 2.40. The molecule has 20 heavy (non-hydrogen) atoms. The lowest BCUT2D eigenvalue weighted by Gasteiger charge is -2.21. The van der Waals surface area contributed by atoms with Crippen LogP contribution in [0.25, 0.3) is 0 Å². The van der Waals surface area contributed by atoms with Crippen molar-refractivity contribution in [3.8, 4) is 0 Å². The molecule has 1 unspecified atom stereocenters. The van der Waals surface area contributed by atoms with Gasteiger partial charge in [-0.2, -0.15) is 0 Å².